The highest BCUT2D eigenvalue weighted by Gasteiger charge is 2.02. The summed E-state index contributed by atoms with van der Waals surface area (Å²) >= 11 is 1.62. The molecule has 0 atom stereocenters. The van der Waals surface area contributed by atoms with Crippen molar-refractivity contribution in [1.29, 1.82) is 0 Å². The Morgan fingerprint density at radius 1 is 1.38 bits per heavy atom. The minimum Gasteiger partial charge on any atom is -0.331 e. The monoisotopic (exact) mass is 233 g/mol. The van der Waals surface area contributed by atoms with Crippen molar-refractivity contribution in [3.63, 3.8) is 0 Å². The summed E-state index contributed by atoms with van der Waals surface area (Å²) in [6.07, 6.45) is 0.839. The Morgan fingerprint density at radius 2 is 2.19 bits per heavy atom. The molecule has 0 amide bonds. The number of hydrogen-bond donors (Lipinski definition) is 2. The van der Waals surface area contributed by atoms with Gasteiger partial charge in [-0.25, -0.2) is 4.98 Å². The van der Waals surface area contributed by atoms with E-state index in [0.717, 1.165) is 22.9 Å². The Kier molecular flexibility index (Phi) is 3.54. The van der Waals surface area contributed by atoms with E-state index in [4.69, 9.17) is 5.73 Å². The van der Waals surface area contributed by atoms with Gasteiger partial charge in [0, 0.05) is 17.5 Å². The van der Waals surface area contributed by atoms with Crippen molar-refractivity contribution < 1.29 is 0 Å². The van der Waals surface area contributed by atoms with Crippen LogP contribution in [0.1, 0.15) is 11.3 Å². The van der Waals surface area contributed by atoms with Gasteiger partial charge < -0.3 is 11.1 Å². The van der Waals surface area contributed by atoms with Gasteiger partial charge in [-0.15, -0.1) is 11.3 Å². The Labute approximate surface area is 99.3 Å². The molecule has 0 bridgehead atoms. The number of para-hydroxylation sites is 1. The molecule has 1 aromatic heterocycles. The third-order valence-corrected chi connectivity index (χ3v) is 3.15. The standard InChI is InChI=1S/C12H15N3S/c1-9-4-2-3-5-11(9)15-12-14-10(6-7-13)8-16-12/h2-5,8H,6-7,13H2,1H3,(H,14,15). The lowest BCUT2D eigenvalue weighted by molar-refractivity contribution is 0.936. The third kappa shape index (κ3) is 2.59. The number of nitrogens with zero attached hydrogens (tertiary/aromatic N) is 1. The number of benzene rings is 1. The summed E-state index contributed by atoms with van der Waals surface area (Å²) in [4.78, 5) is 4.46. The van der Waals surface area contributed by atoms with Crippen LogP contribution in [0.25, 0.3) is 0 Å². The van der Waals surface area contributed by atoms with Gasteiger partial charge in [0.15, 0.2) is 5.13 Å². The maximum absolute atomic E-state index is 5.49. The molecular formula is C12H15N3S. The van der Waals surface area contributed by atoms with Gasteiger partial charge in [0.25, 0.3) is 0 Å². The molecule has 0 saturated carbocycles. The Bertz CT molecular complexity index is 465. The Morgan fingerprint density at radius 3 is 2.94 bits per heavy atom. The number of hydrogen-bond acceptors (Lipinski definition) is 4. The van der Waals surface area contributed by atoms with Crippen molar-refractivity contribution in [1.82, 2.24) is 4.98 Å². The molecule has 16 heavy (non-hydrogen) atoms. The number of aryl methyl sites for hydroxylation is 1. The highest BCUT2D eigenvalue weighted by Crippen LogP contribution is 2.23. The van der Waals surface area contributed by atoms with Crippen molar-refractivity contribution in [2.75, 3.05) is 11.9 Å². The molecule has 2 rings (SSSR count). The molecule has 0 radical (unpaired) electrons. The maximum Gasteiger partial charge on any atom is 0.187 e. The first-order chi connectivity index (χ1) is 7.79. The predicted molar refractivity (Wildman–Crippen MR) is 69.3 cm³/mol. The second-order valence-electron chi connectivity index (χ2n) is 3.62. The van der Waals surface area contributed by atoms with E-state index in [1.807, 2.05) is 17.5 Å². The molecule has 0 spiro atoms. The minimum atomic E-state index is 0.646. The molecule has 3 nitrogen and oxygen atoms in total. The molecule has 2 aromatic rings. The molecule has 0 aliphatic rings. The van der Waals surface area contributed by atoms with Crippen LogP contribution < -0.4 is 11.1 Å². The van der Waals surface area contributed by atoms with Crippen LogP contribution >= 0.6 is 11.3 Å². The number of nitrogens with one attached hydrogen (secondary N) is 1. The van der Waals surface area contributed by atoms with E-state index in [1.165, 1.54) is 5.56 Å². The molecule has 0 saturated heterocycles. The van der Waals surface area contributed by atoms with Gasteiger partial charge in [0.1, 0.15) is 0 Å². The van der Waals surface area contributed by atoms with Crippen LogP contribution in [0, 0.1) is 6.92 Å². The van der Waals surface area contributed by atoms with Crippen LogP contribution in [0.5, 0.6) is 0 Å². The summed E-state index contributed by atoms with van der Waals surface area (Å²) in [6.45, 7) is 2.73. The van der Waals surface area contributed by atoms with Crippen molar-refractivity contribution in [3.8, 4) is 0 Å². The zero-order chi connectivity index (χ0) is 11.4. The second-order valence-corrected chi connectivity index (χ2v) is 4.48. The fraction of sp³-hybridized carbons (Fsp3) is 0.250. The smallest absolute Gasteiger partial charge is 0.187 e. The lowest BCUT2D eigenvalue weighted by Crippen LogP contribution is -2.02. The van der Waals surface area contributed by atoms with Gasteiger partial charge >= 0.3 is 0 Å². The normalized spacial score (nSPS) is 10.4. The summed E-state index contributed by atoms with van der Waals surface area (Å²) < 4.78 is 0. The highest BCUT2D eigenvalue weighted by atomic mass is 32.1. The van der Waals surface area contributed by atoms with E-state index in [9.17, 15) is 0 Å². The topological polar surface area (TPSA) is 50.9 Å². The maximum atomic E-state index is 5.49. The molecule has 0 aliphatic carbocycles. The van der Waals surface area contributed by atoms with E-state index in [1.54, 1.807) is 11.3 Å². The fourth-order valence-corrected chi connectivity index (χ4v) is 2.21. The van der Waals surface area contributed by atoms with Crippen LogP contribution in [0.4, 0.5) is 10.8 Å². The van der Waals surface area contributed by atoms with Gasteiger partial charge in [-0.1, -0.05) is 18.2 Å². The fourth-order valence-electron chi connectivity index (χ4n) is 1.46. The number of rotatable bonds is 4. The lowest BCUT2D eigenvalue weighted by Gasteiger charge is -2.05. The zero-order valence-corrected chi connectivity index (χ0v) is 10.1. The number of thiazole rings is 1. The summed E-state index contributed by atoms with van der Waals surface area (Å²) in [5.41, 5.74) is 8.88. The SMILES string of the molecule is Cc1ccccc1Nc1nc(CCN)cs1. The highest BCUT2D eigenvalue weighted by molar-refractivity contribution is 7.13. The zero-order valence-electron chi connectivity index (χ0n) is 9.23. The Balaban J connectivity index is 2.11. The lowest BCUT2D eigenvalue weighted by atomic mass is 10.2. The minimum absolute atomic E-state index is 0.646. The van der Waals surface area contributed by atoms with Gasteiger partial charge in [0.05, 0.1) is 5.69 Å². The van der Waals surface area contributed by atoms with E-state index >= 15 is 0 Å². The van der Waals surface area contributed by atoms with Crippen molar-refractivity contribution in [2.24, 2.45) is 5.73 Å². The molecule has 1 aromatic carbocycles. The summed E-state index contributed by atoms with van der Waals surface area (Å²) in [6, 6.07) is 8.18. The largest absolute Gasteiger partial charge is 0.331 e. The van der Waals surface area contributed by atoms with Crippen LogP contribution in [0.2, 0.25) is 0 Å². The molecule has 1 heterocycles. The van der Waals surface area contributed by atoms with Gasteiger partial charge in [-0.05, 0) is 25.1 Å². The number of nitrogens with two attached hydrogens (primary N) is 1. The van der Waals surface area contributed by atoms with Gasteiger partial charge in [-0.2, -0.15) is 0 Å². The average molecular weight is 233 g/mol. The molecule has 0 fully saturated rings. The number of aromatic nitrogens is 1. The summed E-state index contributed by atoms with van der Waals surface area (Å²) in [5, 5.41) is 6.30. The first-order valence-corrected chi connectivity index (χ1v) is 6.14. The Hall–Kier alpha value is -1.39. The quantitative estimate of drug-likeness (QED) is 0.853. The predicted octanol–water partition coefficient (Wildman–Crippen LogP) is 2.70. The van der Waals surface area contributed by atoms with Gasteiger partial charge in [-0.3, -0.25) is 0 Å². The van der Waals surface area contributed by atoms with Crippen LogP contribution in [-0.2, 0) is 6.42 Å². The number of anilines is 2. The molecule has 0 unspecified atom stereocenters. The van der Waals surface area contributed by atoms with Gasteiger partial charge in [0.2, 0.25) is 0 Å². The van der Waals surface area contributed by atoms with E-state index in [-0.39, 0.29) is 0 Å². The first-order valence-electron chi connectivity index (χ1n) is 5.26. The summed E-state index contributed by atoms with van der Waals surface area (Å²) in [7, 11) is 0. The van der Waals surface area contributed by atoms with Crippen LogP contribution in [0.3, 0.4) is 0 Å². The average Bonchev–Trinajstić information content (AvgIpc) is 2.70. The molecule has 0 aliphatic heterocycles. The van der Waals surface area contributed by atoms with E-state index in [2.05, 4.69) is 29.4 Å². The molecule has 3 N–H and O–H groups in total. The van der Waals surface area contributed by atoms with Crippen LogP contribution in [-0.4, -0.2) is 11.5 Å². The first kappa shape index (κ1) is 11.1. The third-order valence-electron chi connectivity index (χ3n) is 2.34. The van der Waals surface area contributed by atoms with Crippen molar-refractivity contribution >= 4 is 22.2 Å². The van der Waals surface area contributed by atoms with Crippen molar-refractivity contribution in [2.45, 2.75) is 13.3 Å². The molecule has 84 valence electrons. The second kappa shape index (κ2) is 5.09. The molecular weight excluding hydrogens is 218 g/mol. The van der Waals surface area contributed by atoms with Crippen LogP contribution in [0.15, 0.2) is 29.6 Å². The van der Waals surface area contributed by atoms with E-state index in [0.29, 0.717) is 6.54 Å². The van der Waals surface area contributed by atoms with E-state index < -0.39 is 0 Å². The van der Waals surface area contributed by atoms with Crippen molar-refractivity contribution in [3.05, 3.63) is 40.9 Å². The molecule has 4 heteroatoms. The summed E-state index contributed by atoms with van der Waals surface area (Å²) in [5.74, 6) is 0.